The van der Waals surface area contributed by atoms with E-state index in [1.54, 1.807) is 18.2 Å². The molecule has 0 fully saturated rings. The minimum atomic E-state index is -0.283. The Hall–Kier alpha value is -3.28. The predicted molar refractivity (Wildman–Crippen MR) is 88.5 cm³/mol. The first-order chi connectivity index (χ1) is 10.6. The first kappa shape index (κ1) is 12.5. The van der Waals surface area contributed by atoms with E-state index in [4.69, 9.17) is 11.5 Å². The number of fused-ring (bicyclic) bond motifs is 2. The molecule has 2 aromatic heterocycles. The summed E-state index contributed by atoms with van der Waals surface area (Å²) in [4.78, 5) is 22.8. The lowest BCUT2D eigenvalue weighted by molar-refractivity contribution is 1.25. The van der Waals surface area contributed by atoms with Crippen LogP contribution in [-0.4, -0.2) is 15.0 Å². The minimum absolute atomic E-state index is 0.283. The molecule has 108 valence electrons. The molecule has 0 unspecified atom stereocenters. The van der Waals surface area contributed by atoms with E-state index < -0.39 is 0 Å². The number of rotatable bonds is 1. The van der Waals surface area contributed by atoms with E-state index in [1.165, 1.54) is 0 Å². The number of imidazole rings is 1. The molecule has 0 amide bonds. The normalized spacial score (nSPS) is 11.3. The fourth-order valence-electron chi connectivity index (χ4n) is 2.64. The molecule has 0 atom stereocenters. The van der Waals surface area contributed by atoms with E-state index in [1.807, 2.05) is 24.3 Å². The van der Waals surface area contributed by atoms with Crippen LogP contribution in [0.3, 0.4) is 0 Å². The molecule has 0 saturated carbocycles. The van der Waals surface area contributed by atoms with Crippen LogP contribution in [-0.2, 0) is 0 Å². The van der Waals surface area contributed by atoms with E-state index in [0.29, 0.717) is 33.7 Å². The van der Waals surface area contributed by atoms with E-state index in [-0.39, 0.29) is 5.56 Å². The lowest BCUT2D eigenvalue weighted by Gasteiger charge is -2.07. The molecule has 6 heteroatoms. The Morgan fingerprint density at radius 3 is 2.59 bits per heavy atom. The van der Waals surface area contributed by atoms with Gasteiger partial charge in [-0.25, -0.2) is 4.98 Å². The van der Waals surface area contributed by atoms with Crippen LogP contribution < -0.4 is 17.0 Å². The lowest BCUT2D eigenvalue weighted by Crippen LogP contribution is -2.13. The van der Waals surface area contributed by atoms with Crippen molar-refractivity contribution < 1.29 is 0 Å². The number of H-pyrrole nitrogens is 2. The van der Waals surface area contributed by atoms with Gasteiger partial charge in [-0.3, -0.25) is 4.79 Å². The van der Waals surface area contributed by atoms with E-state index in [2.05, 4.69) is 15.0 Å². The van der Waals surface area contributed by atoms with Crippen molar-refractivity contribution in [1.82, 2.24) is 15.0 Å². The summed E-state index contributed by atoms with van der Waals surface area (Å²) in [6.45, 7) is 0. The highest BCUT2D eigenvalue weighted by Crippen LogP contribution is 2.29. The van der Waals surface area contributed by atoms with Crippen LogP contribution in [0, 0.1) is 0 Å². The van der Waals surface area contributed by atoms with E-state index in [9.17, 15) is 4.79 Å². The number of hydrogen-bond donors (Lipinski definition) is 4. The zero-order valence-electron chi connectivity index (χ0n) is 11.6. The van der Waals surface area contributed by atoms with Crippen LogP contribution in [0.4, 0.5) is 11.4 Å². The Morgan fingerprint density at radius 1 is 0.955 bits per heavy atom. The Bertz CT molecular complexity index is 1040. The lowest BCUT2D eigenvalue weighted by atomic mass is 10.1. The first-order valence-corrected chi connectivity index (χ1v) is 6.79. The van der Waals surface area contributed by atoms with Crippen molar-refractivity contribution in [2.45, 2.75) is 0 Å². The topological polar surface area (TPSA) is 114 Å². The number of hydrogen-bond acceptors (Lipinski definition) is 4. The Kier molecular flexibility index (Phi) is 2.47. The van der Waals surface area contributed by atoms with Crippen molar-refractivity contribution in [1.29, 1.82) is 0 Å². The van der Waals surface area contributed by atoms with Gasteiger partial charge in [0.15, 0.2) is 0 Å². The standard InChI is InChI=1S/C16H13N5O/c17-8-5-6-10-9(7-8)14(18)13(16(22)21-10)15-19-11-3-1-2-4-12(11)20-15/h1-7H,17H2,(H,19,20)(H3,18,21,22). The molecule has 0 saturated heterocycles. The van der Waals surface area contributed by atoms with Gasteiger partial charge in [-0.15, -0.1) is 0 Å². The highest BCUT2D eigenvalue weighted by molar-refractivity contribution is 5.99. The minimum Gasteiger partial charge on any atom is -0.399 e. The molecule has 2 aromatic carbocycles. The summed E-state index contributed by atoms with van der Waals surface area (Å²) in [6, 6.07) is 12.8. The fourth-order valence-corrected chi connectivity index (χ4v) is 2.64. The maximum Gasteiger partial charge on any atom is 0.261 e. The van der Waals surface area contributed by atoms with Crippen molar-refractivity contribution in [3.63, 3.8) is 0 Å². The van der Waals surface area contributed by atoms with Crippen LogP contribution in [0.15, 0.2) is 47.3 Å². The van der Waals surface area contributed by atoms with Gasteiger partial charge in [-0.2, -0.15) is 0 Å². The predicted octanol–water partition coefficient (Wildman–Crippen LogP) is 2.24. The van der Waals surface area contributed by atoms with Crippen molar-refractivity contribution in [3.8, 4) is 11.4 Å². The van der Waals surface area contributed by atoms with Crippen molar-refractivity contribution in [3.05, 3.63) is 52.8 Å². The molecule has 0 aliphatic rings. The quantitative estimate of drug-likeness (QED) is 0.403. The number of benzene rings is 2. The summed E-state index contributed by atoms with van der Waals surface area (Å²) in [5.41, 5.74) is 15.3. The SMILES string of the molecule is Nc1ccc2[nH]c(=O)c(-c3nc4ccccc4[nH]3)c(N)c2c1. The van der Waals surface area contributed by atoms with Gasteiger partial charge in [0.1, 0.15) is 11.4 Å². The third kappa shape index (κ3) is 1.74. The van der Waals surface area contributed by atoms with Crippen LogP contribution >= 0.6 is 0 Å². The molecule has 22 heavy (non-hydrogen) atoms. The third-order valence-corrected chi connectivity index (χ3v) is 3.70. The second kappa shape index (κ2) is 4.36. The zero-order valence-corrected chi connectivity index (χ0v) is 11.6. The number of pyridine rings is 1. The first-order valence-electron chi connectivity index (χ1n) is 6.79. The summed E-state index contributed by atoms with van der Waals surface area (Å²) in [5.74, 6) is 0.448. The maximum absolute atomic E-state index is 12.4. The Morgan fingerprint density at radius 2 is 1.77 bits per heavy atom. The van der Waals surface area contributed by atoms with Gasteiger partial charge in [0.05, 0.1) is 22.2 Å². The number of para-hydroxylation sites is 2. The number of nitrogen functional groups attached to an aromatic ring is 2. The number of aromatic amines is 2. The van der Waals surface area contributed by atoms with Crippen LogP contribution in [0.5, 0.6) is 0 Å². The van der Waals surface area contributed by atoms with Crippen LogP contribution in [0.2, 0.25) is 0 Å². The second-order valence-electron chi connectivity index (χ2n) is 5.15. The van der Waals surface area contributed by atoms with E-state index >= 15 is 0 Å². The van der Waals surface area contributed by atoms with Gasteiger partial charge in [-0.1, -0.05) is 12.1 Å². The summed E-state index contributed by atoms with van der Waals surface area (Å²) >= 11 is 0. The Balaban J connectivity index is 2.07. The second-order valence-corrected chi connectivity index (χ2v) is 5.15. The molecule has 4 aromatic rings. The molecule has 0 aliphatic heterocycles. The smallest absolute Gasteiger partial charge is 0.261 e. The van der Waals surface area contributed by atoms with Gasteiger partial charge in [-0.05, 0) is 30.3 Å². The molecular formula is C16H13N5O. The number of nitrogens with zero attached hydrogens (tertiary/aromatic N) is 1. The zero-order chi connectivity index (χ0) is 15.3. The summed E-state index contributed by atoms with van der Waals surface area (Å²) in [5, 5.41) is 0.704. The summed E-state index contributed by atoms with van der Waals surface area (Å²) in [7, 11) is 0. The molecule has 0 spiro atoms. The molecule has 4 rings (SSSR count). The molecule has 6 nitrogen and oxygen atoms in total. The largest absolute Gasteiger partial charge is 0.399 e. The Labute approximate surface area is 124 Å². The van der Waals surface area contributed by atoms with Gasteiger partial charge >= 0.3 is 0 Å². The summed E-state index contributed by atoms with van der Waals surface area (Å²) < 4.78 is 0. The van der Waals surface area contributed by atoms with Crippen LogP contribution in [0.1, 0.15) is 0 Å². The summed E-state index contributed by atoms with van der Waals surface area (Å²) in [6.07, 6.45) is 0. The fraction of sp³-hybridized carbons (Fsp3) is 0. The van der Waals surface area contributed by atoms with E-state index in [0.717, 1.165) is 11.0 Å². The molecule has 0 bridgehead atoms. The molecule has 0 radical (unpaired) electrons. The third-order valence-electron chi connectivity index (χ3n) is 3.70. The number of nitrogens with one attached hydrogen (secondary N) is 2. The van der Waals surface area contributed by atoms with Crippen molar-refractivity contribution >= 4 is 33.3 Å². The van der Waals surface area contributed by atoms with Gasteiger partial charge in [0, 0.05) is 11.1 Å². The van der Waals surface area contributed by atoms with Crippen molar-refractivity contribution in [2.75, 3.05) is 11.5 Å². The molecule has 2 heterocycles. The highest BCUT2D eigenvalue weighted by atomic mass is 16.1. The average Bonchev–Trinajstić information content (AvgIpc) is 2.91. The van der Waals surface area contributed by atoms with Crippen molar-refractivity contribution in [2.24, 2.45) is 0 Å². The maximum atomic E-state index is 12.4. The van der Waals surface area contributed by atoms with Gasteiger partial charge in [0.2, 0.25) is 0 Å². The average molecular weight is 291 g/mol. The molecule has 0 aliphatic carbocycles. The number of aromatic nitrogens is 3. The number of anilines is 2. The number of nitrogens with two attached hydrogens (primary N) is 2. The highest BCUT2D eigenvalue weighted by Gasteiger charge is 2.15. The van der Waals surface area contributed by atoms with Gasteiger partial charge < -0.3 is 21.4 Å². The van der Waals surface area contributed by atoms with Gasteiger partial charge in [0.25, 0.3) is 5.56 Å². The molecule has 6 N–H and O–H groups in total. The van der Waals surface area contributed by atoms with Crippen LogP contribution in [0.25, 0.3) is 33.3 Å². The monoisotopic (exact) mass is 291 g/mol. The molecular weight excluding hydrogens is 278 g/mol.